The lowest BCUT2D eigenvalue weighted by molar-refractivity contribution is -0.137. The minimum atomic E-state index is -4.65. The Bertz CT molecular complexity index is 1100. The molecule has 3 heterocycles. The predicted molar refractivity (Wildman–Crippen MR) is 100 cm³/mol. The van der Waals surface area contributed by atoms with E-state index in [2.05, 4.69) is 4.98 Å². The number of hydrogen-bond donors (Lipinski definition) is 0. The first-order chi connectivity index (χ1) is 13.7. The van der Waals surface area contributed by atoms with Crippen molar-refractivity contribution in [3.05, 3.63) is 71.6 Å². The van der Waals surface area contributed by atoms with Gasteiger partial charge in [-0.2, -0.15) is 13.2 Å². The molecular weight excluding hydrogens is 386 g/mol. The SMILES string of the molecule is Cc1cc(-c2ccn3c2C(=O)N(c2ccc(C(F)(F)F)cc2F)C[C@@H]3C)ccn1. The lowest BCUT2D eigenvalue weighted by Gasteiger charge is -2.34. The molecule has 29 heavy (non-hydrogen) atoms. The highest BCUT2D eigenvalue weighted by molar-refractivity contribution is 6.10. The molecule has 1 amide bonds. The number of amides is 1. The Morgan fingerprint density at radius 2 is 1.90 bits per heavy atom. The standard InChI is InChI=1S/C21H17F4N3O/c1-12-9-14(5-7-26-12)16-6-8-27-13(2)11-28(20(29)19(16)27)18-4-3-15(10-17(18)22)21(23,24)25/h3-10,13H,11H2,1-2H3/t13-/m0/s1. The van der Waals surface area contributed by atoms with E-state index in [1.807, 2.05) is 30.5 Å². The van der Waals surface area contributed by atoms with E-state index >= 15 is 0 Å². The zero-order valence-electron chi connectivity index (χ0n) is 15.7. The summed E-state index contributed by atoms with van der Waals surface area (Å²) in [5, 5.41) is 0. The third-order valence-corrected chi connectivity index (χ3v) is 5.06. The molecule has 0 radical (unpaired) electrons. The Balaban J connectivity index is 1.79. The van der Waals surface area contributed by atoms with Gasteiger partial charge in [0, 0.05) is 36.2 Å². The molecule has 1 aliphatic heterocycles. The average Bonchev–Trinajstić information content (AvgIpc) is 3.10. The first-order valence-electron chi connectivity index (χ1n) is 8.99. The van der Waals surface area contributed by atoms with Crippen molar-refractivity contribution in [2.75, 3.05) is 11.4 Å². The predicted octanol–water partition coefficient (Wildman–Crippen LogP) is 5.24. The van der Waals surface area contributed by atoms with Crippen LogP contribution in [0.4, 0.5) is 23.2 Å². The summed E-state index contributed by atoms with van der Waals surface area (Å²) in [5.74, 6) is -1.54. The number of rotatable bonds is 2. The fourth-order valence-corrected chi connectivity index (χ4v) is 3.66. The van der Waals surface area contributed by atoms with Crippen LogP contribution in [0.15, 0.2) is 48.8 Å². The minimum Gasteiger partial charge on any atom is -0.338 e. The molecular formula is C21H17F4N3O. The second kappa shape index (κ2) is 6.72. The first-order valence-corrected chi connectivity index (χ1v) is 8.99. The molecule has 4 rings (SSSR count). The van der Waals surface area contributed by atoms with Crippen LogP contribution >= 0.6 is 0 Å². The van der Waals surface area contributed by atoms with Gasteiger partial charge < -0.3 is 9.47 Å². The quantitative estimate of drug-likeness (QED) is 0.549. The van der Waals surface area contributed by atoms with Crippen LogP contribution in [0.1, 0.15) is 34.7 Å². The third kappa shape index (κ3) is 3.28. The fourth-order valence-electron chi connectivity index (χ4n) is 3.66. The van der Waals surface area contributed by atoms with Crippen molar-refractivity contribution >= 4 is 11.6 Å². The molecule has 0 saturated heterocycles. The average molecular weight is 403 g/mol. The minimum absolute atomic E-state index is 0.150. The molecule has 0 unspecified atom stereocenters. The molecule has 0 spiro atoms. The second-order valence-electron chi connectivity index (χ2n) is 7.10. The Labute approximate surface area is 164 Å². The van der Waals surface area contributed by atoms with Crippen LogP contribution in [-0.2, 0) is 6.18 Å². The van der Waals surface area contributed by atoms with Crippen molar-refractivity contribution < 1.29 is 22.4 Å². The summed E-state index contributed by atoms with van der Waals surface area (Å²) in [4.78, 5) is 18.6. The van der Waals surface area contributed by atoms with Gasteiger partial charge in [0.25, 0.3) is 5.91 Å². The summed E-state index contributed by atoms with van der Waals surface area (Å²) in [5.41, 5.74) is 1.36. The second-order valence-corrected chi connectivity index (χ2v) is 7.10. The Kier molecular flexibility index (Phi) is 4.44. The van der Waals surface area contributed by atoms with Gasteiger partial charge in [0.15, 0.2) is 0 Å². The Morgan fingerprint density at radius 3 is 2.55 bits per heavy atom. The van der Waals surface area contributed by atoms with E-state index in [9.17, 15) is 22.4 Å². The van der Waals surface area contributed by atoms with Crippen molar-refractivity contribution in [2.45, 2.75) is 26.1 Å². The van der Waals surface area contributed by atoms with Gasteiger partial charge in [-0.15, -0.1) is 0 Å². The summed E-state index contributed by atoms with van der Waals surface area (Å²) in [6, 6.07) is 7.47. The van der Waals surface area contributed by atoms with Gasteiger partial charge in [0.2, 0.25) is 0 Å². The van der Waals surface area contributed by atoms with E-state index in [1.54, 1.807) is 18.5 Å². The van der Waals surface area contributed by atoms with Gasteiger partial charge in [-0.1, -0.05) is 0 Å². The number of benzene rings is 1. The van der Waals surface area contributed by atoms with Gasteiger partial charge in [-0.3, -0.25) is 9.78 Å². The number of carbonyl (C=O) groups excluding carboxylic acids is 1. The van der Waals surface area contributed by atoms with Crippen molar-refractivity contribution in [1.29, 1.82) is 0 Å². The smallest absolute Gasteiger partial charge is 0.338 e. The monoisotopic (exact) mass is 403 g/mol. The molecule has 0 fully saturated rings. The summed E-state index contributed by atoms with van der Waals surface area (Å²) in [6.07, 6.45) is -1.22. The molecule has 0 bridgehead atoms. The topological polar surface area (TPSA) is 38.1 Å². The molecule has 0 N–H and O–H groups in total. The molecule has 1 aromatic carbocycles. The van der Waals surface area contributed by atoms with Gasteiger partial charge >= 0.3 is 6.18 Å². The summed E-state index contributed by atoms with van der Waals surface area (Å²) < 4.78 is 54.9. The van der Waals surface area contributed by atoms with Crippen LogP contribution < -0.4 is 4.90 Å². The normalized spacial score (nSPS) is 16.8. The van der Waals surface area contributed by atoms with Crippen LogP contribution in [0, 0.1) is 12.7 Å². The molecule has 8 heteroatoms. The highest BCUT2D eigenvalue weighted by Gasteiger charge is 2.36. The highest BCUT2D eigenvalue weighted by atomic mass is 19.4. The first kappa shape index (κ1) is 19.2. The number of anilines is 1. The maximum absolute atomic E-state index is 14.5. The van der Waals surface area contributed by atoms with Gasteiger partial charge in [0.05, 0.1) is 11.3 Å². The number of fused-ring (bicyclic) bond motifs is 1. The van der Waals surface area contributed by atoms with E-state index < -0.39 is 23.5 Å². The highest BCUT2D eigenvalue weighted by Crippen LogP contribution is 2.37. The maximum atomic E-state index is 14.5. The molecule has 3 aromatic rings. The number of aromatic nitrogens is 2. The lowest BCUT2D eigenvalue weighted by Crippen LogP contribution is -2.42. The van der Waals surface area contributed by atoms with Crippen LogP contribution in [0.25, 0.3) is 11.1 Å². The fraction of sp³-hybridized carbons (Fsp3) is 0.238. The van der Waals surface area contributed by atoms with Crippen molar-refractivity contribution in [3.8, 4) is 11.1 Å². The van der Waals surface area contributed by atoms with Crippen LogP contribution in [0.2, 0.25) is 0 Å². The zero-order chi connectivity index (χ0) is 20.9. The molecule has 150 valence electrons. The van der Waals surface area contributed by atoms with E-state index in [0.29, 0.717) is 17.3 Å². The molecule has 4 nitrogen and oxygen atoms in total. The Hall–Kier alpha value is -3.16. The van der Waals surface area contributed by atoms with Crippen LogP contribution in [0.5, 0.6) is 0 Å². The van der Waals surface area contributed by atoms with E-state index in [0.717, 1.165) is 23.4 Å². The van der Waals surface area contributed by atoms with Crippen molar-refractivity contribution in [3.63, 3.8) is 0 Å². The van der Waals surface area contributed by atoms with E-state index in [4.69, 9.17) is 0 Å². The van der Waals surface area contributed by atoms with Gasteiger partial charge in [0.1, 0.15) is 11.5 Å². The van der Waals surface area contributed by atoms with Crippen LogP contribution in [0.3, 0.4) is 0 Å². The number of pyridine rings is 1. The number of aryl methyl sites for hydroxylation is 1. The molecule has 0 saturated carbocycles. The summed E-state index contributed by atoms with van der Waals surface area (Å²) >= 11 is 0. The number of hydrogen-bond acceptors (Lipinski definition) is 2. The van der Waals surface area contributed by atoms with E-state index in [-0.39, 0.29) is 18.3 Å². The van der Waals surface area contributed by atoms with Gasteiger partial charge in [-0.25, -0.2) is 4.39 Å². The molecule has 1 atom stereocenters. The maximum Gasteiger partial charge on any atom is 0.416 e. The van der Waals surface area contributed by atoms with Crippen molar-refractivity contribution in [1.82, 2.24) is 9.55 Å². The molecule has 1 aliphatic rings. The summed E-state index contributed by atoms with van der Waals surface area (Å²) in [7, 11) is 0. The molecule has 0 aliphatic carbocycles. The van der Waals surface area contributed by atoms with Crippen LogP contribution in [-0.4, -0.2) is 22.0 Å². The van der Waals surface area contributed by atoms with Gasteiger partial charge in [-0.05, 0) is 55.8 Å². The number of halogens is 4. The lowest BCUT2D eigenvalue weighted by atomic mass is 10.0. The largest absolute Gasteiger partial charge is 0.416 e. The number of alkyl halides is 3. The number of carbonyl (C=O) groups is 1. The molecule has 2 aromatic heterocycles. The Morgan fingerprint density at radius 1 is 1.14 bits per heavy atom. The van der Waals surface area contributed by atoms with Crippen molar-refractivity contribution in [2.24, 2.45) is 0 Å². The number of nitrogens with zero attached hydrogens (tertiary/aromatic N) is 3. The summed E-state index contributed by atoms with van der Waals surface area (Å²) in [6.45, 7) is 3.85. The van der Waals surface area contributed by atoms with E-state index in [1.165, 1.54) is 4.90 Å². The third-order valence-electron chi connectivity index (χ3n) is 5.06. The zero-order valence-corrected chi connectivity index (χ0v) is 15.7.